The molecule has 0 bridgehead atoms. The maximum absolute atomic E-state index is 12.8. The molecule has 4 unspecified atom stereocenters. The number of rotatable bonds is 16. The molecular formula is C19H36N6O7. The second kappa shape index (κ2) is 15.1. The third kappa shape index (κ3) is 11.0. The van der Waals surface area contributed by atoms with Crippen molar-refractivity contribution in [3.05, 3.63) is 0 Å². The minimum Gasteiger partial charge on any atom is -0.480 e. The number of aliphatic carboxylic acids is 1. The van der Waals surface area contributed by atoms with Gasteiger partial charge in [-0.1, -0.05) is 20.3 Å². The van der Waals surface area contributed by atoms with E-state index < -0.39 is 66.3 Å². The predicted octanol–water partition coefficient (Wildman–Crippen LogP) is -3.10. The Labute approximate surface area is 186 Å². The number of unbranched alkanes of at least 4 members (excludes halogenated alkanes) is 1. The highest BCUT2D eigenvalue weighted by Gasteiger charge is 2.31. The zero-order valence-electron chi connectivity index (χ0n) is 18.5. The fraction of sp³-hybridized carbons (Fsp3) is 0.737. The number of carboxylic acid groups (broad SMARTS) is 1. The molecule has 0 rings (SSSR count). The zero-order chi connectivity index (χ0) is 24.8. The van der Waals surface area contributed by atoms with Crippen LogP contribution in [0.25, 0.3) is 0 Å². The van der Waals surface area contributed by atoms with Crippen LogP contribution < -0.4 is 33.2 Å². The molecule has 32 heavy (non-hydrogen) atoms. The molecule has 0 heterocycles. The first kappa shape index (κ1) is 29.2. The first-order chi connectivity index (χ1) is 14.9. The number of hydrogen-bond donors (Lipinski definition) is 8. The second-order valence-electron chi connectivity index (χ2n) is 7.77. The van der Waals surface area contributed by atoms with E-state index in [-0.39, 0.29) is 12.8 Å². The minimum atomic E-state index is -1.54. The van der Waals surface area contributed by atoms with Crippen molar-refractivity contribution in [2.45, 2.75) is 70.1 Å². The van der Waals surface area contributed by atoms with Crippen molar-refractivity contribution < 1.29 is 34.2 Å². The average Bonchev–Trinajstić information content (AvgIpc) is 2.71. The molecule has 0 radical (unpaired) electrons. The molecular weight excluding hydrogens is 424 g/mol. The zero-order valence-corrected chi connectivity index (χ0v) is 18.5. The summed E-state index contributed by atoms with van der Waals surface area (Å²) in [6.07, 6.45) is 1.33. The molecule has 0 fully saturated rings. The molecule has 0 aliphatic heterocycles. The number of carbonyl (C=O) groups excluding carboxylic acids is 4. The number of primary amides is 1. The number of carbonyl (C=O) groups is 5. The second-order valence-corrected chi connectivity index (χ2v) is 7.77. The van der Waals surface area contributed by atoms with E-state index in [4.69, 9.17) is 27.4 Å². The monoisotopic (exact) mass is 460 g/mol. The summed E-state index contributed by atoms with van der Waals surface area (Å²) in [6.45, 7) is 2.85. The summed E-state index contributed by atoms with van der Waals surface area (Å²) < 4.78 is 0. The molecule has 0 aromatic carbocycles. The van der Waals surface area contributed by atoms with Crippen LogP contribution in [0.15, 0.2) is 0 Å². The summed E-state index contributed by atoms with van der Waals surface area (Å²) in [5.74, 6) is -4.78. The molecule has 11 N–H and O–H groups in total. The van der Waals surface area contributed by atoms with Crippen LogP contribution in [0, 0.1) is 5.92 Å². The Bertz CT molecular complexity index is 658. The Morgan fingerprint density at radius 3 is 1.94 bits per heavy atom. The van der Waals surface area contributed by atoms with Gasteiger partial charge in [0.1, 0.15) is 18.1 Å². The van der Waals surface area contributed by atoms with Crippen molar-refractivity contribution in [1.82, 2.24) is 16.0 Å². The van der Waals surface area contributed by atoms with Gasteiger partial charge in [-0.2, -0.15) is 0 Å². The van der Waals surface area contributed by atoms with Crippen molar-refractivity contribution >= 4 is 29.6 Å². The van der Waals surface area contributed by atoms with Gasteiger partial charge < -0.3 is 43.4 Å². The van der Waals surface area contributed by atoms with Crippen LogP contribution in [0.4, 0.5) is 0 Å². The van der Waals surface area contributed by atoms with Gasteiger partial charge >= 0.3 is 5.97 Å². The highest BCUT2D eigenvalue weighted by molar-refractivity contribution is 5.94. The van der Waals surface area contributed by atoms with Gasteiger partial charge in [-0.25, -0.2) is 4.79 Å². The molecule has 13 heteroatoms. The summed E-state index contributed by atoms with van der Waals surface area (Å²) in [4.78, 5) is 59.9. The Balaban J connectivity index is 5.32. The molecule has 0 aromatic heterocycles. The topological polar surface area (TPSA) is 240 Å². The lowest BCUT2D eigenvalue weighted by molar-refractivity contribution is -0.143. The van der Waals surface area contributed by atoms with Crippen LogP contribution in [0.3, 0.4) is 0 Å². The van der Waals surface area contributed by atoms with Gasteiger partial charge in [-0.3, -0.25) is 19.2 Å². The van der Waals surface area contributed by atoms with Crippen LogP contribution in [0.5, 0.6) is 0 Å². The maximum atomic E-state index is 12.8. The fourth-order valence-electron chi connectivity index (χ4n) is 2.71. The summed E-state index contributed by atoms with van der Waals surface area (Å²) in [5.41, 5.74) is 16.4. The normalized spacial score (nSPS) is 14.7. The highest BCUT2D eigenvalue weighted by Crippen LogP contribution is 2.07. The predicted molar refractivity (Wildman–Crippen MR) is 115 cm³/mol. The Hall–Kier alpha value is -2.77. The lowest BCUT2D eigenvalue weighted by Gasteiger charge is -2.26. The van der Waals surface area contributed by atoms with Gasteiger partial charge in [0.05, 0.1) is 12.6 Å². The van der Waals surface area contributed by atoms with Gasteiger partial charge in [0, 0.05) is 6.42 Å². The number of carboxylic acids is 1. The van der Waals surface area contributed by atoms with Crippen molar-refractivity contribution in [2.75, 3.05) is 13.2 Å². The Morgan fingerprint density at radius 2 is 1.47 bits per heavy atom. The Kier molecular flexibility index (Phi) is 13.8. The SMILES string of the molecule is CC(C)C(NC(=O)C(CCC(N)=O)NC(=O)C(N)CCCCN)C(=O)NC(CO)C(=O)O. The van der Waals surface area contributed by atoms with E-state index >= 15 is 0 Å². The van der Waals surface area contributed by atoms with Crippen LogP contribution >= 0.6 is 0 Å². The fourth-order valence-corrected chi connectivity index (χ4v) is 2.71. The van der Waals surface area contributed by atoms with Crippen LogP contribution in [-0.2, 0) is 24.0 Å². The minimum absolute atomic E-state index is 0.122. The van der Waals surface area contributed by atoms with Gasteiger partial charge in [-0.05, 0) is 31.7 Å². The van der Waals surface area contributed by atoms with E-state index in [2.05, 4.69) is 16.0 Å². The number of nitrogens with one attached hydrogen (secondary N) is 3. The summed E-state index contributed by atoms with van der Waals surface area (Å²) in [7, 11) is 0. The quantitative estimate of drug-likeness (QED) is 0.109. The van der Waals surface area contributed by atoms with Crippen molar-refractivity contribution in [3.63, 3.8) is 0 Å². The van der Waals surface area contributed by atoms with E-state index in [9.17, 15) is 24.0 Å². The number of aliphatic hydroxyl groups excluding tert-OH is 1. The van der Waals surface area contributed by atoms with E-state index in [1.807, 2.05) is 0 Å². The molecule has 0 spiro atoms. The van der Waals surface area contributed by atoms with E-state index in [0.29, 0.717) is 25.8 Å². The molecule has 0 saturated heterocycles. The van der Waals surface area contributed by atoms with E-state index in [1.54, 1.807) is 13.8 Å². The van der Waals surface area contributed by atoms with Gasteiger partial charge in [0.15, 0.2) is 0 Å². The molecule has 0 saturated carbocycles. The molecule has 4 amide bonds. The number of hydrogen-bond acceptors (Lipinski definition) is 8. The number of nitrogens with two attached hydrogens (primary N) is 3. The summed E-state index contributed by atoms with van der Waals surface area (Å²) >= 11 is 0. The van der Waals surface area contributed by atoms with E-state index in [0.717, 1.165) is 0 Å². The van der Waals surface area contributed by atoms with Crippen LogP contribution in [0.1, 0.15) is 46.0 Å². The molecule has 0 aromatic rings. The molecule has 0 aliphatic rings. The standard InChI is InChI=1S/C19H36N6O7/c1-10(2)15(18(30)24-13(9-26)19(31)32)25-17(29)12(6-7-14(22)27)23-16(28)11(21)5-3-4-8-20/h10-13,15,26H,3-9,20-21H2,1-2H3,(H2,22,27)(H,23,28)(H,24,30)(H,25,29)(H,31,32). The third-order valence-corrected chi connectivity index (χ3v) is 4.66. The smallest absolute Gasteiger partial charge is 0.328 e. The van der Waals surface area contributed by atoms with Crippen LogP contribution in [-0.4, -0.2) is 77.1 Å². The van der Waals surface area contributed by atoms with Crippen molar-refractivity contribution in [3.8, 4) is 0 Å². The van der Waals surface area contributed by atoms with E-state index in [1.165, 1.54) is 0 Å². The summed E-state index contributed by atoms with van der Waals surface area (Å²) in [5, 5.41) is 25.1. The number of amides is 4. The highest BCUT2D eigenvalue weighted by atomic mass is 16.4. The molecule has 184 valence electrons. The third-order valence-electron chi connectivity index (χ3n) is 4.66. The van der Waals surface area contributed by atoms with Crippen molar-refractivity contribution in [2.24, 2.45) is 23.1 Å². The first-order valence-corrected chi connectivity index (χ1v) is 10.4. The lowest BCUT2D eigenvalue weighted by Crippen LogP contribution is -2.58. The summed E-state index contributed by atoms with van der Waals surface area (Å²) in [6, 6.07) is -4.80. The lowest BCUT2D eigenvalue weighted by atomic mass is 10.0. The molecule has 4 atom stereocenters. The van der Waals surface area contributed by atoms with Gasteiger partial charge in [-0.15, -0.1) is 0 Å². The van der Waals surface area contributed by atoms with Gasteiger partial charge in [0.2, 0.25) is 23.6 Å². The van der Waals surface area contributed by atoms with Crippen molar-refractivity contribution in [1.29, 1.82) is 0 Å². The molecule has 0 aliphatic carbocycles. The van der Waals surface area contributed by atoms with Gasteiger partial charge in [0.25, 0.3) is 0 Å². The number of aliphatic hydroxyl groups is 1. The average molecular weight is 461 g/mol. The van der Waals surface area contributed by atoms with Crippen LogP contribution in [0.2, 0.25) is 0 Å². The first-order valence-electron chi connectivity index (χ1n) is 10.4. The maximum Gasteiger partial charge on any atom is 0.328 e. The molecule has 13 nitrogen and oxygen atoms in total. The largest absolute Gasteiger partial charge is 0.480 e. The Morgan fingerprint density at radius 1 is 0.875 bits per heavy atom.